The normalized spacial score (nSPS) is 21.9. The van der Waals surface area contributed by atoms with Gasteiger partial charge in [0.2, 0.25) is 0 Å². The van der Waals surface area contributed by atoms with Crippen LogP contribution in [-0.2, 0) is 0 Å². The molecule has 0 spiro atoms. The smallest absolute Gasteiger partial charge is 0.321 e. The molecule has 21 heavy (non-hydrogen) atoms. The largest absolute Gasteiger partial charge is 0.396 e. The zero-order chi connectivity index (χ0) is 15.4. The monoisotopic (exact) mass is 330 g/mol. The van der Waals surface area contributed by atoms with Crippen molar-refractivity contribution in [1.29, 1.82) is 0 Å². The summed E-state index contributed by atoms with van der Waals surface area (Å²) in [6.07, 6.45) is 3.74. The van der Waals surface area contributed by atoms with Crippen LogP contribution in [0.5, 0.6) is 0 Å². The van der Waals surface area contributed by atoms with Crippen molar-refractivity contribution in [3.63, 3.8) is 0 Å². The lowest BCUT2D eigenvalue weighted by Crippen LogP contribution is -2.42. The molecule has 4 nitrogen and oxygen atoms in total. The average molecular weight is 331 g/mol. The van der Waals surface area contributed by atoms with E-state index < -0.39 is 0 Å². The summed E-state index contributed by atoms with van der Waals surface area (Å²) in [7, 11) is 1.79. The van der Waals surface area contributed by atoms with E-state index in [4.69, 9.17) is 28.3 Å². The molecule has 2 N–H and O–H groups in total. The lowest BCUT2D eigenvalue weighted by atomic mass is 9.86. The Kier molecular flexibility index (Phi) is 5.73. The minimum absolute atomic E-state index is 0.188. The van der Waals surface area contributed by atoms with Crippen LogP contribution < -0.4 is 5.32 Å². The van der Waals surface area contributed by atoms with Gasteiger partial charge in [-0.2, -0.15) is 0 Å². The second-order valence-electron chi connectivity index (χ2n) is 5.50. The number of hydrogen-bond acceptors (Lipinski definition) is 2. The lowest BCUT2D eigenvalue weighted by Gasteiger charge is -2.34. The van der Waals surface area contributed by atoms with Gasteiger partial charge in [-0.15, -0.1) is 0 Å². The molecule has 116 valence electrons. The van der Waals surface area contributed by atoms with E-state index in [2.05, 4.69) is 5.32 Å². The van der Waals surface area contributed by atoms with E-state index in [1.165, 1.54) is 0 Å². The highest BCUT2D eigenvalue weighted by Crippen LogP contribution is 2.31. The van der Waals surface area contributed by atoms with Crippen molar-refractivity contribution >= 4 is 34.9 Å². The Hall–Kier alpha value is -0.970. The molecule has 1 aliphatic carbocycles. The SMILES string of the molecule is CN(C(=O)Nc1cccc(Cl)c1Cl)C1CCC(CO)CC1. The number of carbonyl (C=O) groups is 1. The minimum atomic E-state index is -0.188. The maximum absolute atomic E-state index is 12.3. The molecule has 0 saturated heterocycles. The molecule has 1 fully saturated rings. The molecule has 0 bridgehead atoms. The molecular formula is C15H20Cl2N2O2. The van der Waals surface area contributed by atoms with E-state index >= 15 is 0 Å². The molecule has 0 heterocycles. The van der Waals surface area contributed by atoms with E-state index in [0.717, 1.165) is 25.7 Å². The first-order valence-electron chi connectivity index (χ1n) is 7.11. The summed E-state index contributed by atoms with van der Waals surface area (Å²) < 4.78 is 0. The average Bonchev–Trinajstić information content (AvgIpc) is 2.51. The van der Waals surface area contributed by atoms with Crippen LogP contribution in [0.1, 0.15) is 25.7 Å². The van der Waals surface area contributed by atoms with Crippen LogP contribution in [0.25, 0.3) is 0 Å². The minimum Gasteiger partial charge on any atom is -0.396 e. The molecule has 6 heteroatoms. The van der Waals surface area contributed by atoms with Gasteiger partial charge in [0.25, 0.3) is 0 Å². The van der Waals surface area contributed by atoms with Gasteiger partial charge in [0, 0.05) is 19.7 Å². The molecule has 2 rings (SSSR count). The number of rotatable bonds is 3. The van der Waals surface area contributed by atoms with Crippen LogP contribution in [0, 0.1) is 5.92 Å². The fourth-order valence-electron chi connectivity index (χ4n) is 2.68. The third-order valence-corrected chi connectivity index (χ3v) is 4.95. The van der Waals surface area contributed by atoms with Gasteiger partial charge in [-0.3, -0.25) is 0 Å². The van der Waals surface area contributed by atoms with Gasteiger partial charge in [-0.1, -0.05) is 29.3 Å². The van der Waals surface area contributed by atoms with Gasteiger partial charge < -0.3 is 15.3 Å². The summed E-state index contributed by atoms with van der Waals surface area (Å²) >= 11 is 12.0. The molecular weight excluding hydrogens is 311 g/mol. The second-order valence-corrected chi connectivity index (χ2v) is 6.28. The number of benzene rings is 1. The van der Waals surface area contributed by atoms with E-state index in [1.54, 1.807) is 30.1 Å². The third kappa shape index (κ3) is 4.02. The fourth-order valence-corrected chi connectivity index (χ4v) is 3.03. The number of carbonyl (C=O) groups excluding carboxylic acids is 1. The Labute approximate surface area is 135 Å². The van der Waals surface area contributed by atoms with Crippen molar-refractivity contribution in [1.82, 2.24) is 4.90 Å². The predicted octanol–water partition coefficient (Wildman–Crippen LogP) is 4.01. The van der Waals surface area contributed by atoms with Crippen molar-refractivity contribution in [3.05, 3.63) is 28.2 Å². The lowest BCUT2D eigenvalue weighted by molar-refractivity contribution is 0.139. The molecule has 1 aromatic carbocycles. The van der Waals surface area contributed by atoms with Crippen LogP contribution in [0.4, 0.5) is 10.5 Å². The van der Waals surface area contributed by atoms with Crippen LogP contribution in [0.15, 0.2) is 18.2 Å². The van der Waals surface area contributed by atoms with Crippen molar-refractivity contribution in [3.8, 4) is 0 Å². The van der Waals surface area contributed by atoms with Crippen molar-refractivity contribution in [2.75, 3.05) is 19.0 Å². The highest BCUT2D eigenvalue weighted by atomic mass is 35.5. The number of anilines is 1. The summed E-state index contributed by atoms with van der Waals surface area (Å²) in [6, 6.07) is 5.16. The number of aliphatic hydroxyl groups is 1. The summed E-state index contributed by atoms with van der Waals surface area (Å²) in [5.41, 5.74) is 0.519. The molecule has 0 atom stereocenters. The Balaban J connectivity index is 1.95. The van der Waals surface area contributed by atoms with Gasteiger partial charge in [-0.05, 0) is 43.7 Å². The molecule has 0 aliphatic heterocycles. The maximum atomic E-state index is 12.3. The predicted molar refractivity (Wildman–Crippen MR) is 86.1 cm³/mol. The Morgan fingerprint density at radius 3 is 2.62 bits per heavy atom. The van der Waals surface area contributed by atoms with Crippen molar-refractivity contribution in [2.45, 2.75) is 31.7 Å². The van der Waals surface area contributed by atoms with Gasteiger partial charge in [0.15, 0.2) is 0 Å². The summed E-state index contributed by atoms with van der Waals surface area (Å²) in [5, 5.41) is 12.7. The van der Waals surface area contributed by atoms with E-state index in [1.807, 2.05) is 0 Å². The zero-order valence-corrected chi connectivity index (χ0v) is 13.5. The van der Waals surface area contributed by atoms with Gasteiger partial charge in [0.1, 0.15) is 0 Å². The number of amides is 2. The zero-order valence-electron chi connectivity index (χ0n) is 12.0. The van der Waals surface area contributed by atoms with Crippen molar-refractivity contribution in [2.24, 2.45) is 5.92 Å². The molecule has 1 aromatic rings. The van der Waals surface area contributed by atoms with E-state index in [0.29, 0.717) is 21.7 Å². The van der Waals surface area contributed by atoms with Crippen LogP contribution in [0.2, 0.25) is 10.0 Å². The van der Waals surface area contributed by atoms with Crippen molar-refractivity contribution < 1.29 is 9.90 Å². The van der Waals surface area contributed by atoms with E-state index in [9.17, 15) is 4.79 Å². The third-order valence-electron chi connectivity index (χ3n) is 4.14. The van der Waals surface area contributed by atoms with Gasteiger partial charge in [0.05, 0.1) is 15.7 Å². The Morgan fingerprint density at radius 2 is 2.00 bits per heavy atom. The fraction of sp³-hybridized carbons (Fsp3) is 0.533. The standard InChI is InChI=1S/C15H20Cl2N2O2/c1-19(11-7-5-10(9-20)6-8-11)15(21)18-13-4-2-3-12(16)14(13)17/h2-4,10-11,20H,5-9H2,1H3,(H,18,21). The quantitative estimate of drug-likeness (QED) is 0.879. The first kappa shape index (κ1) is 16.4. The number of nitrogens with one attached hydrogen (secondary N) is 1. The molecule has 0 unspecified atom stereocenters. The van der Waals surface area contributed by atoms with Gasteiger partial charge in [-0.25, -0.2) is 4.79 Å². The van der Waals surface area contributed by atoms with Crippen LogP contribution in [0.3, 0.4) is 0 Å². The molecule has 0 aromatic heterocycles. The van der Waals surface area contributed by atoms with Crippen LogP contribution >= 0.6 is 23.2 Å². The maximum Gasteiger partial charge on any atom is 0.321 e. The molecule has 0 radical (unpaired) electrons. The number of nitrogens with zero attached hydrogens (tertiary/aromatic N) is 1. The van der Waals surface area contributed by atoms with Crippen LogP contribution in [-0.4, -0.2) is 35.7 Å². The highest BCUT2D eigenvalue weighted by Gasteiger charge is 2.26. The Bertz CT molecular complexity index is 502. The topological polar surface area (TPSA) is 52.6 Å². The van der Waals surface area contributed by atoms with E-state index in [-0.39, 0.29) is 18.7 Å². The summed E-state index contributed by atoms with van der Waals surface area (Å²) in [4.78, 5) is 14.0. The Morgan fingerprint density at radius 1 is 1.33 bits per heavy atom. The first-order chi connectivity index (χ1) is 10.0. The summed E-state index contributed by atoms with van der Waals surface area (Å²) in [5.74, 6) is 0.375. The first-order valence-corrected chi connectivity index (χ1v) is 7.87. The summed E-state index contributed by atoms with van der Waals surface area (Å²) in [6.45, 7) is 0.237. The number of halogens is 2. The molecule has 1 saturated carbocycles. The number of hydrogen-bond donors (Lipinski definition) is 2. The highest BCUT2D eigenvalue weighted by molar-refractivity contribution is 6.43. The van der Waals surface area contributed by atoms with Gasteiger partial charge >= 0.3 is 6.03 Å². The molecule has 1 aliphatic rings. The number of aliphatic hydroxyl groups excluding tert-OH is 1. The second kappa shape index (κ2) is 7.34. The number of urea groups is 1. The molecule has 2 amide bonds.